The molecule has 1 aromatic heterocycles. The summed E-state index contributed by atoms with van der Waals surface area (Å²) in [6, 6.07) is 0.428. The van der Waals surface area contributed by atoms with Crippen LogP contribution < -0.4 is 5.32 Å². The molecule has 1 aliphatic rings. The van der Waals surface area contributed by atoms with Crippen LogP contribution >= 0.6 is 0 Å². The smallest absolute Gasteiger partial charge is 0.305 e. The molecule has 1 aliphatic heterocycles. The summed E-state index contributed by atoms with van der Waals surface area (Å²) in [5.41, 5.74) is -0.0847. The van der Waals surface area contributed by atoms with Crippen LogP contribution in [0.3, 0.4) is 0 Å². The van der Waals surface area contributed by atoms with Crippen molar-refractivity contribution in [2.24, 2.45) is 5.92 Å². The summed E-state index contributed by atoms with van der Waals surface area (Å²) in [6.45, 7) is 7.51. The fraction of sp³-hybridized carbons (Fsp3) is 0.733. The summed E-state index contributed by atoms with van der Waals surface area (Å²) in [5.74, 6) is 0.981. The molecule has 1 N–H and O–H groups in total. The minimum absolute atomic E-state index is 0.0847. The van der Waals surface area contributed by atoms with Crippen molar-refractivity contribution in [2.75, 3.05) is 25.0 Å². The SMILES string of the molecule is CC(C)C(CNc1ncc([N+](=O)[O-])cn1)N1CCCCCC1. The molecule has 0 radical (unpaired) electrons. The van der Waals surface area contributed by atoms with Crippen LogP contribution in [0.15, 0.2) is 12.4 Å². The van der Waals surface area contributed by atoms with Gasteiger partial charge in [0.2, 0.25) is 5.95 Å². The van der Waals surface area contributed by atoms with E-state index >= 15 is 0 Å². The maximum Gasteiger partial charge on any atom is 0.305 e. The van der Waals surface area contributed by atoms with Crippen LogP contribution in [-0.4, -0.2) is 45.5 Å². The maximum absolute atomic E-state index is 10.6. The van der Waals surface area contributed by atoms with Gasteiger partial charge in [-0.3, -0.25) is 15.0 Å². The second-order valence-electron chi connectivity index (χ2n) is 6.16. The first-order valence-corrected chi connectivity index (χ1v) is 8.02. The molecule has 2 rings (SSSR count). The van der Waals surface area contributed by atoms with Gasteiger partial charge >= 0.3 is 5.69 Å². The van der Waals surface area contributed by atoms with E-state index in [1.807, 2.05) is 0 Å². The van der Waals surface area contributed by atoms with E-state index in [2.05, 4.69) is 34.0 Å². The molecule has 2 heterocycles. The van der Waals surface area contributed by atoms with Gasteiger partial charge in [0, 0.05) is 12.6 Å². The Balaban J connectivity index is 1.94. The molecule has 1 unspecified atom stereocenters. The lowest BCUT2D eigenvalue weighted by Gasteiger charge is -2.33. The van der Waals surface area contributed by atoms with Crippen molar-refractivity contribution in [3.8, 4) is 0 Å². The maximum atomic E-state index is 10.6. The van der Waals surface area contributed by atoms with E-state index in [9.17, 15) is 10.1 Å². The monoisotopic (exact) mass is 307 g/mol. The Morgan fingerprint density at radius 3 is 2.32 bits per heavy atom. The van der Waals surface area contributed by atoms with Gasteiger partial charge in [-0.05, 0) is 31.8 Å². The zero-order valence-electron chi connectivity index (χ0n) is 13.4. The van der Waals surface area contributed by atoms with Crippen molar-refractivity contribution in [3.63, 3.8) is 0 Å². The molecule has 22 heavy (non-hydrogen) atoms. The van der Waals surface area contributed by atoms with Crippen LogP contribution in [-0.2, 0) is 0 Å². The van der Waals surface area contributed by atoms with E-state index in [1.54, 1.807) is 0 Å². The number of nitro groups is 1. The van der Waals surface area contributed by atoms with Crippen LogP contribution in [0.4, 0.5) is 11.6 Å². The molecular weight excluding hydrogens is 282 g/mol. The number of rotatable bonds is 6. The molecule has 7 nitrogen and oxygen atoms in total. The Morgan fingerprint density at radius 2 is 1.82 bits per heavy atom. The predicted molar refractivity (Wildman–Crippen MR) is 85.8 cm³/mol. The van der Waals surface area contributed by atoms with Gasteiger partial charge in [-0.2, -0.15) is 0 Å². The molecular formula is C15H25N5O2. The lowest BCUT2D eigenvalue weighted by molar-refractivity contribution is -0.385. The Labute approximate surface area is 131 Å². The first-order valence-electron chi connectivity index (χ1n) is 8.02. The highest BCUT2D eigenvalue weighted by molar-refractivity contribution is 5.30. The minimum Gasteiger partial charge on any atom is -0.353 e. The van der Waals surface area contributed by atoms with E-state index < -0.39 is 4.92 Å². The molecule has 1 aromatic rings. The zero-order valence-corrected chi connectivity index (χ0v) is 13.4. The second-order valence-corrected chi connectivity index (χ2v) is 6.16. The van der Waals surface area contributed by atoms with Crippen LogP contribution in [0.1, 0.15) is 39.5 Å². The van der Waals surface area contributed by atoms with Gasteiger partial charge in [0.05, 0.1) is 4.92 Å². The zero-order chi connectivity index (χ0) is 15.9. The first kappa shape index (κ1) is 16.6. The fourth-order valence-electron chi connectivity index (χ4n) is 2.92. The van der Waals surface area contributed by atoms with Gasteiger partial charge in [0.15, 0.2) is 0 Å². The van der Waals surface area contributed by atoms with Gasteiger partial charge < -0.3 is 5.32 Å². The third-order valence-corrected chi connectivity index (χ3v) is 4.20. The number of hydrogen-bond donors (Lipinski definition) is 1. The molecule has 1 atom stereocenters. The lowest BCUT2D eigenvalue weighted by Crippen LogP contribution is -2.44. The largest absolute Gasteiger partial charge is 0.353 e. The lowest BCUT2D eigenvalue weighted by atomic mass is 10.0. The third-order valence-electron chi connectivity index (χ3n) is 4.20. The number of likely N-dealkylation sites (tertiary alicyclic amines) is 1. The summed E-state index contributed by atoms with van der Waals surface area (Å²) >= 11 is 0. The summed E-state index contributed by atoms with van der Waals surface area (Å²) in [5, 5.41) is 13.8. The molecule has 0 spiro atoms. The number of nitrogens with one attached hydrogen (secondary N) is 1. The molecule has 0 aliphatic carbocycles. The van der Waals surface area contributed by atoms with Crippen molar-refractivity contribution in [2.45, 2.75) is 45.6 Å². The van der Waals surface area contributed by atoms with Crippen LogP contribution in [0.2, 0.25) is 0 Å². The number of hydrogen-bond acceptors (Lipinski definition) is 6. The average Bonchev–Trinajstić information content (AvgIpc) is 2.77. The second kappa shape index (κ2) is 8.03. The minimum atomic E-state index is -0.488. The topological polar surface area (TPSA) is 84.2 Å². The van der Waals surface area contributed by atoms with E-state index in [1.165, 1.54) is 38.1 Å². The highest BCUT2D eigenvalue weighted by Crippen LogP contribution is 2.18. The molecule has 1 fully saturated rings. The Bertz CT molecular complexity index is 469. The Kier molecular flexibility index (Phi) is 6.06. The molecule has 1 saturated heterocycles. The normalized spacial score (nSPS) is 18.0. The standard InChI is InChI=1S/C15H25N5O2/c1-12(2)14(19-7-5-3-4-6-8-19)11-18-15-16-9-13(10-17-15)20(21)22/h9-10,12,14H,3-8,11H2,1-2H3,(H,16,17,18). The summed E-state index contributed by atoms with van der Waals surface area (Å²) in [6.07, 6.45) is 7.65. The van der Waals surface area contributed by atoms with Gasteiger partial charge in [-0.1, -0.05) is 26.7 Å². The third kappa shape index (κ3) is 4.62. The van der Waals surface area contributed by atoms with Crippen LogP contribution in [0.5, 0.6) is 0 Å². The van der Waals surface area contributed by atoms with Crippen molar-refractivity contribution in [1.82, 2.24) is 14.9 Å². The van der Waals surface area contributed by atoms with Crippen molar-refractivity contribution < 1.29 is 4.92 Å². The Morgan fingerprint density at radius 1 is 1.23 bits per heavy atom. The van der Waals surface area contributed by atoms with Crippen molar-refractivity contribution >= 4 is 11.6 Å². The fourth-order valence-corrected chi connectivity index (χ4v) is 2.92. The van der Waals surface area contributed by atoms with Gasteiger partial charge in [0.25, 0.3) is 0 Å². The number of nitrogens with zero attached hydrogens (tertiary/aromatic N) is 4. The first-order chi connectivity index (χ1) is 10.6. The highest BCUT2D eigenvalue weighted by atomic mass is 16.6. The number of aromatic nitrogens is 2. The quantitative estimate of drug-likeness (QED) is 0.642. The summed E-state index contributed by atoms with van der Waals surface area (Å²) < 4.78 is 0. The van der Waals surface area contributed by atoms with E-state index in [4.69, 9.17) is 0 Å². The van der Waals surface area contributed by atoms with Crippen LogP contribution in [0.25, 0.3) is 0 Å². The van der Waals surface area contributed by atoms with Crippen molar-refractivity contribution in [3.05, 3.63) is 22.5 Å². The van der Waals surface area contributed by atoms with E-state index in [0.29, 0.717) is 17.9 Å². The van der Waals surface area contributed by atoms with Gasteiger partial charge in [-0.25, -0.2) is 9.97 Å². The van der Waals surface area contributed by atoms with Gasteiger partial charge in [0.1, 0.15) is 12.4 Å². The van der Waals surface area contributed by atoms with Gasteiger partial charge in [-0.15, -0.1) is 0 Å². The summed E-state index contributed by atoms with van der Waals surface area (Å²) in [7, 11) is 0. The summed E-state index contributed by atoms with van der Waals surface area (Å²) in [4.78, 5) is 20.7. The molecule has 0 bridgehead atoms. The van der Waals surface area contributed by atoms with Crippen molar-refractivity contribution in [1.29, 1.82) is 0 Å². The van der Waals surface area contributed by atoms with Crippen LogP contribution in [0, 0.1) is 16.0 Å². The highest BCUT2D eigenvalue weighted by Gasteiger charge is 2.22. The molecule has 0 saturated carbocycles. The Hall–Kier alpha value is -1.76. The molecule has 0 aromatic carbocycles. The molecule has 0 amide bonds. The molecule has 122 valence electrons. The molecule has 7 heteroatoms. The predicted octanol–water partition coefficient (Wildman–Crippen LogP) is 2.70. The number of anilines is 1. The average molecular weight is 307 g/mol. The van der Waals surface area contributed by atoms with E-state index in [0.717, 1.165) is 19.6 Å². The van der Waals surface area contributed by atoms with E-state index in [-0.39, 0.29) is 5.69 Å².